The van der Waals surface area contributed by atoms with Crippen LogP contribution in [0, 0.1) is 0 Å². The molecule has 0 amide bonds. The average molecular weight is 302 g/mol. The maximum absolute atomic E-state index is 11.0. The van der Waals surface area contributed by atoms with Crippen molar-refractivity contribution in [1.29, 1.82) is 0 Å². The van der Waals surface area contributed by atoms with Gasteiger partial charge in [0.15, 0.2) is 0 Å². The highest BCUT2D eigenvalue weighted by molar-refractivity contribution is 5.91. The molecule has 0 saturated heterocycles. The highest BCUT2D eigenvalue weighted by Gasteiger charge is 2.16. The molecule has 0 saturated carbocycles. The zero-order valence-corrected chi connectivity index (χ0v) is 12.0. The van der Waals surface area contributed by atoms with Crippen molar-refractivity contribution in [2.75, 3.05) is 6.61 Å². The van der Waals surface area contributed by atoms with Crippen molar-refractivity contribution in [2.24, 2.45) is 0 Å². The third-order valence-electron chi connectivity index (χ3n) is 3.32. The van der Waals surface area contributed by atoms with Gasteiger partial charge in [0.25, 0.3) is 0 Å². The Bertz CT molecular complexity index is 637. The van der Waals surface area contributed by atoms with E-state index in [9.17, 15) is 15.0 Å². The summed E-state index contributed by atoms with van der Waals surface area (Å²) < 4.78 is 5.55. The van der Waals surface area contributed by atoms with Gasteiger partial charge in [0.2, 0.25) is 0 Å². The van der Waals surface area contributed by atoms with Gasteiger partial charge < -0.3 is 20.1 Å². The normalized spacial score (nSPS) is 10.4. The molecule has 2 aromatic carbocycles. The molecular weight excluding hydrogens is 284 g/mol. The Hall–Kier alpha value is -2.69. The van der Waals surface area contributed by atoms with Crippen molar-refractivity contribution in [3.05, 3.63) is 53.6 Å². The topological polar surface area (TPSA) is 87.0 Å². The summed E-state index contributed by atoms with van der Waals surface area (Å²) >= 11 is 0. The molecule has 5 heteroatoms. The molecule has 0 spiro atoms. The number of rotatable bonds is 7. The summed E-state index contributed by atoms with van der Waals surface area (Å²) in [5.41, 5.74) is 0.0629. The molecule has 116 valence electrons. The lowest BCUT2D eigenvalue weighted by Crippen LogP contribution is -2.01. The van der Waals surface area contributed by atoms with Crippen LogP contribution in [0.25, 0.3) is 0 Å². The van der Waals surface area contributed by atoms with Crippen molar-refractivity contribution in [1.82, 2.24) is 0 Å². The first-order chi connectivity index (χ1) is 10.6. The van der Waals surface area contributed by atoms with Crippen molar-refractivity contribution >= 4 is 5.97 Å². The number of carboxylic acid groups (broad SMARTS) is 1. The smallest absolute Gasteiger partial charge is 0.339 e. The summed E-state index contributed by atoms with van der Waals surface area (Å²) in [4.78, 5) is 11.0. The molecule has 0 aliphatic rings. The van der Waals surface area contributed by atoms with E-state index in [1.165, 1.54) is 12.1 Å². The standard InChI is InChI=1S/C17H18O5/c18-15-10-9-14(17(20)21)16(19)13(15)8-4-5-11-22-12-6-2-1-3-7-12/h1-3,6-7,9-10,18-19H,4-5,8,11H2,(H,20,21). The van der Waals surface area contributed by atoms with Crippen LogP contribution in [0.4, 0.5) is 0 Å². The molecule has 0 unspecified atom stereocenters. The van der Waals surface area contributed by atoms with Crippen LogP contribution in [-0.4, -0.2) is 27.9 Å². The highest BCUT2D eigenvalue weighted by Crippen LogP contribution is 2.31. The number of hydrogen-bond acceptors (Lipinski definition) is 4. The van der Waals surface area contributed by atoms with Crippen LogP contribution in [0.1, 0.15) is 28.8 Å². The summed E-state index contributed by atoms with van der Waals surface area (Å²) in [7, 11) is 0. The average Bonchev–Trinajstić information content (AvgIpc) is 2.50. The summed E-state index contributed by atoms with van der Waals surface area (Å²) in [6.07, 6.45) is 1.78. The van der Waals surface area contributed by atoms with Gasteiger partial charge in [-0.3, -0.25) is 0 Å². The van der Waals surface area contributed by atoms with Crippen LogP contribution < -0.4 is 4.74 Å². The van der Waals surface area contributed by atoms with Gasteiger partial charge in [-0.25, -0.2) is 4.79 Å². The fourth-order valence-corrected chi connectivity index (χ4v) is 2.16. The Labute approximate surface area is 128 Å². The largest absolute Gasteiger partial charge is 0.508 e. The summed E-state index contributed by atoms with van der Waals surface area (Å²) in [5, 5.41) is 28.6. The number of phenolic OH excluding ortho intramolecular Hbond substituents is 1. The van der Waals surface area contributed by atoms with E-state index in [-0.39, 0.29) is 22.6 Å². The second-order valence-corrected chi connectivity index (χ2v) is 4.88. The minimum atomic E-state index is -1.22. The molecule has 0 fully saturated rings. The molecule has 3 N–H and O–H groups in total. The van der Waals surface area contributed by atoms with Crippen LogP contribution in [0.5, 0.6) is 17.2 Å². The summed E-state index contributed by atoms with van der Waals surface area (Å²) in [6, 6.07) is 11.9. The molecule has 5 nitrogen and oxygen atoms in total. The summed E-state index contributed by atoms with van der Waals surface area (Å²) in [5.74, 6) is -0.879. The number of benzene rings is 2. The first-order valence-electron chi connectivity index (χ1n) is 7.04. The van der Waals surface area contributed by atoms with E-state index < -0.39 is 5.97 Å². The molecule has 0 heterocycles. The van der Waals surface area contributed by atoms with Gasteiger partial charge in [-0.05, 0) is 43.5 Å². The number of ether oxygens (including phenoxy) is 1. The summed E-state index contributed by atoms with van der Waals surface area (Å²) in [6.45, 7) is 0.518. The number of aromatic carboxylic acids is 1. The van der Waals surface area contributed by atoms with E-state index in [0.29, 0.717) is 19.4 Å². The molecule has 2 rings (SSSR count). The van der Waals surface area contributed by atoms with Gasteiger partial charge in [-0.1, -0.05) is 18.2 Å². The second-order valence-electron chi connectivity index (χ2n) is 4.88. The quantitative estimate of drug-likeness (QED) is 0.684. The van der Waals surface area contributed by atoms with Crippen molar-refractivity contribution in [3.63, 3.8) is 0 Å². The van der Waals surface area contributed by atoms with Crippen LogP contribution in [-0.2, 0) is 6.42 Å². The van der Waals surface area contributed by atoms with Gasteiger partial charge in [0.1, 0.15) is 22.8 Å². The molecule has 2 aromatic rings. The third-order valence-corrected chi connectivity index (χ3v) is 3.32. The molecule has 22 heavy (non-hydrogen) atoms. The van der Waals surface area contributed by atoms with Gasteiger partial charge in [0, 0.05) is 5.56 Å². The Kier molecular flexibility index (Phi) is 5.25. The number of phenols is 2. The minimum Gasteiger partial charge on any atom is -0.508 e. The van der Waals surface area contributed by atoms with Crippen LogP contribution in [0.3, 0.4) is 0 Å². The van der Waals surface area contributed by atoms with Gasteiger partial charge in [-0.2, -0.15) is 0 Å². The third kappa shape index (κ3) is 3.91. The molecule has 0 aliphatic carbocycles. The zero-order chi connectivity index (χ0) is 15.9. The molecular formula is C17H18O5. The van der Waals surface area contributed by atoms with E-state index in [1.54, 1.807) is 0 Å². The van der Waals surface area contributed by atoms with Crippen molar-refractivity contribution < 1.29 is 24.9 Å². The van der Waals surface area contributed by atoms with E-state index in [4.69, 9.17) is 9.84 Å². The van der Waals surface area contributed by atoms with E-state index >= 15 is 0 Å². The maximum atomic E-state index is 11.0. The Morgan fingerprint density at radius 1 is 1.00 bits per heavy atom. The first-order valence-corrected chi connectivity index (χ1v) is 7.04. The van der Waals surface area contributed by atoms with Crippen molar-refractivity contribution in [3.8, 4) is 17.2 Å². The monoisotopic (exact) mass is 302 g/mol. The zero-order valence-electron chi connectivity index (χ0n) is 12.0. The van der Waals surface area contributed by atoms with Crippen LogP contribution in [0.15, 0.2) is 42.5 Å². The van der Waals surface area contributed by atoms with E-state index in [1.807, 2.05) is 30.3 Å². The molecule has 0 atom stereocenters. The predicted octanol–water partition coefficient (Wildman–Crippen LogP) is 3.20. The number of carbonyl (C=O) groups is 1. The number of unbranched alkanes of at least 4 members (excludes halogenated alkanes) is 1. The molecule has 0 aliphatic heterocycles. The number of hydrogen-bond donors (Lipinski definition) is 3. The SMILES string of the molecule is O=C(O)c1ccc(O)c(CCCCOc2ccccc2)c1O. The number of aromatic hydroxyl groups is 2. The lowest BCUT2D eigenvalue weighted by atomic mass is 10.0. The lowest BCUT2D eigenvalue weighted by Gasteiger charge is -2.10. The van der Waals surface area contributed by atoms with Crippen LogP contribution >= 0.6 is 0 Å². The molecule has 0 bridgehead atoms. The lowest BCUT2D eigenvalue weighted by molar-refractivity contribution is 0.0693. The highest BCUT2D eigenvalue weighted by atomic mass is 16.5. The fourth-order valence-electron chi connectivity index (χ4n) is 2.16. The Morgan fingerprint density at radius 3 is 2.41 bits per heavy atom. The van der Waals surface area contributed by atoms with Gasteiger partial charge in [-0.15, -0.1) is 0 Å². The number of para-hydroxylation sites is 1. The first kappa shape index (κ1) is 15.7. The van der Waals surface area contributed by atoms with Gasteiger partial charge in [0.05, 0.1) is 6.61 Å². The maximum Gasteiger partial charge on any atom is 0.339 e. The van der Waals surface area contributed by atoms with Gasteiger partial charge >= 0.3 is 5.97 Å². The second kappa shape index (κ2) is 7.36. The Morgan fingerprint density at radius 2 is 1.73 bits per heavy atom. The fraction of sp³-hybridized carbons (Fsp3) is 0.235. The Balaban J connectivity index is 1.87. The molecule has 0 aromatic heterocycles. The van der Waals surface area contributed by atoms with E-state index in [2.05, 4.69) is 0 Å². The predicted molar refractivity (Wildman–Crippen MR) is 81.6 cm³/mol. The minimum absolute atomic E-state index is 0.0912. The van der Waals surface area contributed by atoms with Crippen molar-refractivity contribution in [2.45, 2.75) is 19.3 Å². The van der Waals surface area contributed by atoms with Crippen LogP contribution in [0.2, 0.25) is 0 Å². The number of carboxylic acids is 1. The molecule has 0 radical (unpaired) electrons. The van der Waals surface area contributed by atoms with E-state index in [0.717, 1.165) is 12.2 Å².